The van der Waals surface area contributed by atoms with Crippen LogP contribution in [0.25, 0.3) is 0 Å². The minimum absolute atomic E-state index is 0.0557. The number of carbonyl (C=O) groups is 1. The van der Waals surface area contributed by atoms with Crippen LogP contribution >= 0.6 is 11.8 Å². The number of urea groups is 1. The fourth-order valence-electron chi connectivity index (χ4n) is 1.50. The van der Waals surface area contributed by atoms with Gasteiger partial charge in [-0.2, -0.15) is 11.8 Å². The first kappa shape index (κ1) is 15.7. The van der Waals surface area contributed by atoms with Crippen LogP contribution in [0.3, 0.4) is 0 Å². The highest BCUT2D eigenvalue weighted by Gasteiger charge is 2.14. The van der Waals surface area contributed by atoms with Gasteiger partial charge in [0.1, 0.15) is 0 Å². The van der Waals surface area contributed by atoms with Crippen LogP contribution in [-0.2, 0) is 0 Å². The molecule has 1 aromatic rings. The fraction of sp³-hybridized carbons (Fsp3) is 0.417. The molecule has 0 spiro atoms. The molecule has 1 aromatic carbocycles. The van der Waals surface area contributed by atoms with Gasteiger partial charge in [0.25, 0.3) is 0 Å². The summed E-state index contributed by atoms with van der Waals surface area (Å²) in [5.74, 6) is -1.49. The van der Waals surface area contributed by atoms with Gasteiger partial charge in [0.05, 0.1) is 5.69 Å². The summed E-state index contributed by atoms with van der Waals surface area (Å²) < 4.78 is 26.3. The van der Waals surface area contributed by atoms with E-state index in [1.807, 2.05) is 6.26 Å². The first-order valence-electron chi connectivity index (χ1n) is 5.69. The van der Waals surface area contributed by atoms with Gasteiger partial charge in [0, 0.05) is 18.4 Å². The number of anilines is 1. The Kier molecular flexibility index (Phi) is 6.58. The summed E-state index contributed by atoms with van der Waals surface area (Å²) in [5, 5.41) is 13.7. The molecule has 0 radical (unpaired) electrons. The number of benzene rings is 1. The lowest BCUT2D eigenvalue weighted by molar-refractivity contribution is 0.241. The molecule has 3 N–H and O–H groups in total. The zero-order valence-corrected chi connectivity index (χ0v) is 11.3. The summed E-state index contributed by atoms with van der Waals surface area (Å²) >= 11 is 1.52. The Morgan fingerprint density at radius 1 is 1.47 bits per heavy atom. The predicted octanol–water partition coefficient (Wildman–Crippen LogP) is 2.20. The monoisotopic (exact) mass is 290 g/mol. The largest absolute Gasteiger partial charge is 0.396 e. The van der Waals surface area contributed by atoms with Gasteiger partial charge in [-0.05, 0) is 24.8 Å². The Hall–Kier alpha value is -1.34. The molecule has 0 heterocycles. The maximum absolute atomic E-state index is 13.3. The highest BCUT2D eigenvalue weighted by atomic mass is 32.2. The number of hydrogen-bond donors (Lipinski definition) is 3. The minimum atomic E-state index is -1.10. The van der Waals surface area contributed by atoms with Crippen molar-refractivity contribution < 1.29 is 18.7 Å². The van der Waals surface area contributed by atoms with Crippen molar-refractivity contribution in [2.24, 2.45) is 0 Å². The molecule has 0 fully saturated rings. The third kappa shape index (κ3) is 5.04. The molecule has 0 aliphatic rings. The van der Waals surface area contributed by atoms with Gasteiger partial charge in [-0.1, -0.05) is 6.07 Å². The van der Waals surface area contributed by atoms with Crippen LogP contribution < -0.4 is 10.6 Å². The molecule has 1 rings (SSSR count). The number of rotatable bonds is 6. The van der Waals surface area contributed by atoms with Crippen LogP contribution in [-0.4, -0.2) is 35.8 Å². The van der Waals surface area contributed by atoms with Crippen LogP contribution in [0.15, 0.2) is 18.2 Å². The molecule has 4 nitrogen and oxygen atoms in total. The summed E-state index contributed by atoms with van der Waals surface area (Å²) in [6.45, 7) is -0.0557. The topological polar surface area (TPSA) is 61.4 Å². The van der Waals surface area contributed by atoms with Crippen molar-refractivity contribution >= 4 is 23.5 Å². The summed E-state index contributed by atoms with van der Waals surface area (Å²) in [5.41, 5.74) is -0.218. The van der Waals surface area contributed by atoms with Gasteiger partial charge in [0.15, 0.2) is 11.6 Å². The molecule has 0 unspecified atom stereocenters. The Bertz CT molecular complexity index is 426. The van der Waals surface area contributed by atoms with E-state index >= 15 is 0 Å². The summed E-state index contributed by atoms with van der Waals surface area (Å²) in [7, 11) is 0. The third-order valence-electron chi connectivity index (χ3n) is 2.38. The quantitative estimate of drug-likeness (QED) is 0.752. The van der Waals surface area contributed by atoms with Crippen LogP contribution in [0.1, 0.15) is 6.42 Å². The number of halogens is 2. The molecule has 0 aliphatic carbocycles. The Balaban J connectivity index is 2.61. The van der Waals surface area contributed by atoms with Crippen molar-refractivity contribution in [1.29, 1.82) is 0 Å². The SMILES string of the molecule is CSC[C@H](CCO)NC(=O)Nc1cccc(F)c1F. The van der Waals surface area contributed by atoms with E-state index in [2.05, 4.69) is 10.6 Å². The smallest absolute Gasteiger partial charge is 0.319 e. The molecular weight excluding hydrogens is 274 g/mol. The lowest BCUT2D eigenvalue weighted by Crippen LogP contribution is -2.40. The van der Waals surface area contributed by atoms with Gasteiger partial charge in [0.2, 0.25) is 0 Å². The summed E-state index contributed by atoms with van der Waals surface area (Å²) in [6, 6.07) is 2.70. The maximum Gasteiger partial charge on any atom is 0.319 e. The Labute approximate surface area is 114 Å². The number of nitrogens with one attached hydrogen (secondary N) is 2. The lowest BCUT2D eigenvalue weighted by Gasteiger charge is -2.17. The van der Waals surface area contributed by atoms with Crippen molar-refractivity contribution in [3.05, 3.63) is 29.8 Å². The van der Waals surface area contributed by atoms with Crippen molar-refractivity contribution in [2.75, 3.05) is 23.9 Å². The van der Waals surface area contributed by atoms with E-state index in [1.54, 1.807) is 0 Å². The number of thioether (sulfide) groups is 1. The zero-order chi connectivity index (χ0) is 14.3. The summed E-state index contributed by atoms with van der Waals surface area (Å²) in [6.07, 6.45) is 2.27. The van der Waals surface area contributed by atoms with E-state index in [-0.39, 0.29) is 18.3 Å². The van der Waals surface area contributed by atoms with Gasteiger partial charge < -0.3 is 15.7 Å². The average Bonchev–Trinajstić information content (AvgIpc) is 2.35. The Morgan fingerprint density at radius 3 is 2.84 bits per heavy atom. The molecule has 0 bridgehead atoms. The average molecular weight is 290 g/mol. The molecule has 0 saturated heterocycles. The molecule has 0 aromatic heterocycles. The lowest BCUT2D eigenvalue weighted by atomic mass is 10.2. The molecule has 106 valence electrons. The second-order valence-electron chi connectivity index (χ2n) is 3.86. The minimum Gasteiger partial charge on any atom is -0.396 e. The van der Waals surface area contributed by atoms with E-state index < -0.39 is 17.7 Å². The molecular formula is C12H16F2N2O2S. The van der Waals surface area contributed by atoms with Gasteiger partial charge in [-0.25, -0.2) is 13.6 Å². The van der Waals surface area contributed by atoms with Gasteiger partial charge in [-0.15, -0.1) is 0 Å². The fourth-order valence-corrected chi connectivity index (χ4v) is 2.15. The highest BCUT2D eigenvalue weighted by Crippen LogP contribution is 2.16. The first-order chi connectivity index (χ1) is 9.08. The van der Waals surface area contributed by atoms with E-state index in [1.165, 1.54) is 23.9 Å². The van der Waals surface area contributed by atoms with Crippen LogP contribution in [0.2, 0.25) is 0 Å². The zero-order valence-electron chi connectivity index (χ0n) is 10.5. The predicted molar refractivity (Wildman–Crippen MR) is 72.4 cm³/mol. The second kappa shape index (κ2) is 7.96. The van der Waals surface area contributed by atoms with Crippen LogP contribution in [0, 0.1) is 11.6 Å². The first-order valence-corrected chi connectivity index (χ1v) is 7.09. The van der Waals surface area contributed by atoms with E-state index in [0.29, 0.717) is 12.2 Å². The van der Waals surface area contributed by atoms with E-state index in [4.69, 9.17) is 5.11 Å². The van der Waals surface area contributed by atoms with Crippen molar-refractivity contribution in [2.45, 2.75) is 12.5 Å². The maximum atomic E-state index is 13.3. The number of aliphatic hydroxyl groups excluding tert-OH is 1. The standard InChI is InChI=1S/C12H16F2N2O2S/c1-19-7-8(5-6-17)15-12(18)16-10-4-2-3-9(13)11(10)14/h2-4,8,17H,5-7H2,1H3,(H2,15,16,18)/t8-/m0/s1. The normalized spacial score (nSPS) is 12.0. The molecule has 0 aliphatic heterocycles. The van der Waals surface area contributed by atoms with Crippen LogP contribution in [0.4, 0.5) is 19.3 Å². The molecule has 1 atom stereocenters. The number of hydrogen-bond acceptors (Lipinski definition) is 3. The molecule has 7 heteroatoms. The number of carbonyl (C=O) groups excluding carboxylic acids is 1. The highest BCUT2D eigenvalue weighted by molar-refractivity contribution is 7.98. The molecule has 0 saturated carbocycles. The van der Waals surface area contributed by atoms with Crippen LogP contribution in [0.5, 0.6) is 0 Å². The van der Waals surface area contributed by atoms with E-state index in [0.717, 1.165) is 6.07 Å². The molecule has 2 amide bonds. The van der Waals surface area contributed by atoms with Crippen molar-refractivity contribution in [3.8, 4) is 0 Å². The third-order valence-corrected chi connectivity index (χ3v) is 3.12. The van der Waals surface area contributed by atoms with Crippen molar-refractivity contribution in [3.63, 3.8) is 0 Å². The number of amides is 2. The summed E-state index contributed by atoms with van der Waals surface area (Å²) in [4.78, 5) is 11.6. The van der Waals surface area contributed by atoms with E-state index in [9.17, 15) is 13.6 Å². The second-order valence-corrected chi connectivity index (χ2v) is 4.78. The molecule has 19 heavy (non-hydrogen) atoms. The number of aliphatic hydroxyl groups is 1. The van der Waals surface area contributed by atoms with Gasteiger partial charge >= 0.3 is 6.03 Å². The Morgan fingerprint density at radius 2 is 2.21 bits per heavy atom. The van der Waals surface area contributed by atoms with Crippen molar-refractivity contribution in [1.82, 2.24) is 5.32 Å². The van der Waals surface area contributed by atoms with Gasteiger partial charge in [-0.3, -0.25) is 0 Å².